The Hall–Kier alpha value is -1.19. The van der Waals surface area contributed by atoms with Gasteiger partial charge in [0.25, 0.3) is 10.4 Å². The Bertz CT molecular complexity index is 462. The molecule has 2 heterocycles. The summed E-state index contributed by atoms with van der Waals surface area (Å²) in [5, 5.41) is 3.20. The SMILES string of the molecule is O=S(=O)(Oc1nccs1)Oc1nccs1. The van der Waals surface area contributed by atoms with E-state index in [0.29, 0.717) is 0 Å². The maximum Gasteiger partial charge on any atom is 0.505 e. The average molecular weight is 264 g/mol. The Morgan fingerprint density at radius 2 is 1.47 bits per heavy atom. The minimum atomic E-state index is -4.13. The molecule has 0 spiro atoms. The van der Waals surface area contributed by atoms with Gasteiger partial charge in [0.15, 0.2) is 0 Å². The lowest BCUT2D eigenvalue weighted by atomic mass is 11.0. The highest BCUT2D eigenvalue weighted by molar-refractivity contribution is 7.82. The van der Waals surface area contributed by atoms with Crippen molar-refractivity contribution in [3.63, 3.8) is 0 Å². The first kappa shape index (κ1) is 10.3. The van der Waals surface area contributed by atoms with Gasteiger partial charge in [0.05, 0.1) is 0 Å². The molecule has 6 nitrogen and oxygen atoms in total. The molecule has 0 aliphatic rings. The van der Waals surface area contributed by atoms with Crippen LogP contribution in [0, 0.1) is 0 Å². The van der Waals surface area contributed by atoms with E-state index in [1.54, 1.807) is 10.8 Å². The van der Waals surface area contributed by atoms with Crippen molar-refractivity contribution in [3.05, 3.63) is 23.2 Å². The maximum atomic E-state index is 11.3. The normalized spacial score (nSPS) is 11.2. The molecule has 9 heteroatoms. The molecule has 2 rings (SSSR count). The predicted molar refractivity (Wildman–Crippen MR) is 54.4 cm³/mol. The minimum absolute atomic E-state index is 0.00607. The predicted octanol–water partition coefficient (Wildman–Crippen LogP) is 1.30. The lowest BCUT2D eigenvalue weighted by Crippen LogP contribution is -2.16. The molecule has 0 atom stereocenters. The van der Waals surface area contributed by atoms with Crippen LogP contribution in [-0.4, -0.2) is 18.4 Å². The third-order valence-corrected chi connectivity index (χ3v) is 3.40. The van der Waals surface area contributed by atoms with Crippen molar-refractivity contribution >= 4 is 33.1 Å². The summed E-state index contributed by atoms with van der Waals surface area (Å²) in [5.41, 5.74) is 0. The Labute approximate surface area is 93.5 Å². The molecule has 0 amide bonds. The van der Waals surface area contributed by atoms with Crippen LogP contribution in [0.5, 0.6) is 10.4 Å². The lowest BCUT2D eigenvalue weighted by Gasteiger charge is -2.01. The lowest BCUT2D eigenvalue weighted by molar-refractivity contribution is 0.391. The molecular weight excluding hydrogens is 260 g/mol. The van der Waals surface area contributed by atoms with Gasteiger partial charge in [0.1, 0.15) is 0 Å². The van der Waals surface area contributed by atoms with E-state index in [4.69, 9.17) is 0 Å². The van der Waals surface area contributed by atoms with Crippen molar-refractivity contribution < 1.29 is 16.8 Å². The van der Waals surface area contributed by atoms with E-state index in [9.17, 15) is 8.42 Å². The first-order chi connectivity index (χ1) is 7.16. The number of hydrogen-bond donors (Lipinski definition) is 0. The molecule has 0 bridgehead atoms. The molecule has 0 aliphatic heterocycles. The van der Waals surface area contributed by atoms with Gasteiger partial charge in [0, 0.05) is 23.2 Å². The van der Waals surface area contributed by atoms with Crippen LogP contribution in [0.15, 0.2) is 23.2 Å². The van der Waals surface area contributed by atoms with Gasteiger partial charge in [-0.1, -0.05) is 22.7 Å². The van der Waals surface area contributed by atoms with Crippen LogP contribution in [0.2, 0.25) is 0 Å². The molecule has 15 heavy (non-hydrogen) atoms. The van der Waals surface area contributed by atoms with Crippen LogP contribution in [0.3, 0.4) is 0 Å². The number of nitrogens with zero attached hydrogens (tertiary/aromatic N) is 2. The highest BCUT2D eigenvalue weighted by Crippen LogP contribution is 2.20. The smallest absolute Gasteiger partial charge is 0.322 e. The van der Waals surface area contributed by atoms with Crippen molar-refractivity contribution in [2.75, 3.05) is 0 Å². The quantitative estimate of drug-likeness (QED) is 0.828. The van der Waals surface area contributed by atoms with Crippen molar-refractivity contribution in [3.8, 4) is 10.4 Å². The molecule has 0 N–H and O–H groups in total. The third-order valence-electron chi connectivity index (χ3n) is 1.17. The Morgan fingerprint density at radius 1 is 1.00 bits per heavy atom. The summed E-state index contributed by atoms with van der Waals surface area (Å²) in [5.74, 6) is 0. The van der Waals surface area contributed by atoms with E-state index in [0.717, 1.165) is 22.7 Å². The summed E-state index contributed by atoms with van der Waals surface area (Å²) in [6, 6.07) is 0. The van der Waals surface area contributed by atoms with Crippen molar-refractivity contribution in [1.82, 2.24) is 9.97 Å². The van der Waals surface area contributed by atoms with Crippen LogP contribution in [0.25, 0.3) is 0 Å². The standard InChI is InChI=1S/C6H4N2O4S3/c9-15(10,11-5-7-1-3-13-5)12-6-8-2-4-14-6/h1-4H. The molecule has 2 aromatic heterocycles. The second kappa shape index (κ2) is 4.13. The number of aromatic nitrogens is 2. The summed E-state index contributed by atoms with van der Waals surface area (Å²) in [4.78, 5) is 7.30. The molecule has 0 fully saturated rings. The van der Waals surface area contributed by atoms with Crippen LogP contribution < -0.4 is 8.37 Å². The molecule has 0 saturated carbocycles. The van der Waals surface area contributed by atoms with Crippen LogP contribution in [-0.2, 0) is 10.4 Å². The number of rotatable bonds is 4. The fourth-order valence-electron chi connectivity index (χ4n) is 0.695. The van der Waals surface area contributed by atoms with Gasteiger partial charge in [-0.2, -0.15) is 0 Å². The molecule has 2 aromatic rings. The average Bonchev–Trinajstić information content (AvgIpc) is 2.75. The molecule has 80 valence electrons. The molecule has 0 unspecified atom stereocenters. The van der Waals surface area contributed by atoms with E-state index < -0.39 is 10.4 Å². The maximum absolute atomic E-state index is 11.3. The van der Waals surface area contributed by atoms with Gasteiger partial charge < -0.3 is 8.37 Å². The summed E-state index contributed by atoms with van der Waals surface area (Å²) in [6.45, 7) is 0. The Morgan fingerprint density at radius 3 is 1.80 bits per heavy atom. The molecule has 0 saturated heterocycles. The van der Waals surface area contributed by atoms with E-state index in [1.807, 2.05) is 0 Å². The van der Waals surface area contributed by atoms with Gasteiger partial charge in [-0.3, -0.25) is 0 Å². The first-order valence-electron chi connectivity index (χ1n) is 3.58. The van der Waals surface area contributed by atoms with Crippen molar-refractivity contribution in [2.45, 2.75) is 0 Å². The topological polar surface area (TPSA) is 78.4 Å². The van der Waals surface area contributed by atoms with Gasteiger partial charge in [-0.05, 0) is 0 Å². The second-order valence-electron chi connectivity index (χ2n) is 2.17. The van der Waals surface area contributed by atoms with Crippen molar-refractivity contribution in [1.29, 1.82) is 0 Å². The zero-order chi connectivity index (χ0) is 10.7. The molecule has 0 radical (unpaired) electrons. The number of hydrogen-bond acceptors (Lipinski definition) is 8. The van der Waals surface area contributed by atoms with Crippen LogP contribution >= 0.6 is 22.7 Å². The highest BCUT2D eigenvalue weighted by atomic mass is 32.3. The monoisotopic (exact) mass is 264 g/mol. The van der Waals surface area contributed by atoms with E-state index >= 15 is 0 Å². The largest absolute Gasteiger partial charge is 0.505 e. The Balaban J connectivity index is 2.08. The fraction of sp³-hybridized carbons (Fsp3) is 0. The summed E-state index contributed by atoms with van der Waals surface area (Å²) >= 11 is 2.11. The minimum Gasteiger partial charge on any atom is -0.322 e. The van der Waals surface area contributed by atoms with Gasteiger partial charge in [-0.15, -0.1) is 8.42 Å². The molecular formula is C6H4N2O4S3. The van der Waals surface area contributed by atoms with E-state index in [-0.39, 0.29) is 10.4 Å². The van der Waals surface area contributed by atoms with Gasteiger partial charge in [0.2, 0.25) is 0 Å². The van der Waals surface area contributed by atoms with E-state index in [1.165, 1.54) is 12.4 Å². The first-order valence-corrected chi connectivity index (χ1v) is 6.68. The second-order valence-corrected chi connectivity index (χ2v) is 5.03. The summed E-state index contributed by atoms with van der Waals surface area (Å²) in [7, 11) is -4.13. The van der Waals surface area contributed by atoms with Crippen LogP contribution in [0.4, 0.5) is 0 Å². The summed E-state index contributed by atoms with van der Waals surface area (Å²) in [6.07, 6.45) is 2.86. The fourth-order valence-corrected chi connectivity index (χ4v) is 2.70. The van der Waals surface area contributed by atoms with Crippen molar-refractivity contribution in [2.24, 2.45) is 0 Å². The molecule has 0 aliphatic carbocycles. The Kier molecular flexibility index (Phi) is 2.84. The zero-order valence-corrected chi connectivity index (χ0v) is 9.51. The van der Waals surface area contributed by atoms with E-state index in [2.05, 4.69) is 18.3 Å². The van der Waals surface area contributed by atoms with Gasteiger partial charge >= 0.3 is 10.4 Å². The highest BCUT2D eigenvalue weighted by Gasteiger charge is 2.18. The third kappa shape index (κ3) is 2.88. The van der Waals surface area contributed by atoms with Gasteiger partial charge in [-0.25, -0.2) is 9.97 Å². The zero-order valence-electron chi connectivity index (χ0n) is 7.06. The van der Waals surface area contributed by atoms with Crippen LogP contribution in [0.1, 0.15) is 0 Å². The summed E-state index contributed by atoms with van der Waals surface area (Å²) < 4.78 is 31.6. The number of thiazole rings is 2. The molecule has 0 aromatic carbocycles.